The number of anilines is 3. The fraction of sp³-hybridized carbons (Fsp3) is 0.167. The van der Waals surface area contributed by atoms with Crippen LogP contribution in [-0.4, -0.2) is 8.42 Å². The lowest BCUT2D eigenvalue weighted by atomic mass is 10.0. The molecular formula is C24H21NO3S. The number of benzene rings is 3. The van der Waals surface area contributed by atoms with Crippen molar-refractivity contribution in [2.45, 2.75) is 37.5 Å². The lowest BCUT2D eigenvalue weighted by molar-refractivity contribution is 0.580. The van der Waals surface area contributed by atoms with Gasteiger partial charge in [-0.1, -0.05) is 41.5 Å². The Hall–Kier alpha value is -3.05. The molecule has 0 atom stereocenters. The van der Waals surface area contributed by atoms with E-state index in [1.165, 1.54) is 5.56 Å². The van der Waals surface area contributed by atoms with E-state index >= 15 is 0 Å². The summed E-state index contributed by atoms with van der Waals surface area (Å²) in [5.74, 6) is 0.361. The molecule has 0 fully saturated rings. The monoisotopic (exact) mass is 403 g/mol. The van der Waals surface area contributed by atoms with Crippen molar-refractivity contribution in [1.29, 1.82) is 0 Å². The third-order valence-corrected chi connectivity index (χ3v) is 7.36. The van der Waals surface area contributed by atoms with Crippen molar-refractivity contribution >= 4 is 38.1 Å². The number of para-hydroxylation sites is 1. The summed E-state index contributed by atoms with van der Waals surface area (Å²) in [7, 11) is -3.71. The molecule has 0 radical (unpaired) electrons. The highest BCUT2D eigenvalue weighted by Crippen LogP contribution is 2.53. The van der Waals surface area contributed by atoms with Crippen molar-refractivity contribution in [3.63, 3.8) is 0 Å². The van der Waals surface area contributed by atoms with E-state index in [9.17, 15) is 8.42 Å². The van der Waals surface area contributed by atoms with Crippen molar-refractivity contribution in [2.75, 3.05) is 4.90 Å². The molecule has 29 heavy (non-hydrogen) atoms. The van der Waals surface area contributed by atoms with Crippen LogP contribution in [-0.2, 0) is 9.84 Å². The second-order valence-corrected chi connectivity index (χ2v) is 9.64. The summed E-state index contributed by atoms with van der Waals surface area (Å²) in [6, 6.07) is 17.0. The number of fused-ring (bicyclic) bond motifs is 4. The second kappa shape index (κ2) is 5.97. The number of rotatable bonds is 1. The van der Waals surface area contributed by atoms with Crippen LogP contribution < -0.4 is 4.90 Å². The molecule has 0 aliphatic carbocycles. The van der Waals surface area contributed by atoms with E-state index in [-0.39, 0.29) is 4.90 Å². The molecule has 0 unspecified atom stereocenters. The van der Waals surface area contributed by atoms with Gasteiger partial charge in [0.15, 0.2) is 0 Å². The summed E-state index contributed by atoms with van der Waals surface area (Å²) < 4.78 is 33.4. The lowest BCUT2D eigenvalue weighted by Crippen LogP contribution is -2.22. The van der Waals surface area contributed by atoms with Gasteiger partial charge in [-0.2, -0.15) is 0 Å². The van der Waals surface area contributed by atoms with Crippen molar-refractivity contribution in [2.24, 2.45) is 0 Å². The van der Waals surface area contributed by atoms with Gasteiger partial charge in [-0.3, -0.25) is 4.90 Å². The van der Waals surface area contributed by atoms with Gasteiger partial charge < -0.3 is 4.42 Å². The van der Waals surface area contributed by atoms with Crippen molar-refractivity contribution in [1.82, 2.24) is 0 Å². The van der Waals surface area contributed by atoms with Crippen molar-refractivity contribution in [3.8, 4) is 0 Å². The molecule has 1 aliphatic rings. The van der Waals surface area contributed by atoms with Crippen LogP contribution in [0.3, 0.4) is 0 Å². The first-order valence-corrected chi connectivity index (χ1v) is 11.0. The third-order valence-electron chi connectivity index (χ3n) is 5.51. The molecular weight excluding hydrogens is 382 g/mol. The van der Waals surface area contributed by atoms with E-state index in [2.05, 4.69) is 19.1 Å². The fourth-order valence-corrected chi connectivity index (χ4v) is 6.14. The van der Waals surface area contributed by atoms with Gasteiger partial charge >= 0.3 is 0 Å². The third kappa shape index (κ3) is 2.47. The molecule has 0 saturated carbocycles. The topological polar surface area (TPSA) is 50.5 Å². The average Bonchev–Trinajstić information content (AvgIpc) is 3.03. The van der Waals surface area contributed by atoms with Gasteiger partial charge in [-0.25, -0.2) is 8.42 Å². The molecule has 3 aromatic carbocycles. The smallest absolute Gasteiger partial charge is 0.225 e. The van der Waals surface area contributed by atoms with Crippen LogP contribution in [0.25, 0.3) is 11.0 Å². The van der Waals surface area contributed by atoms with Crippen LogP contribution in [0.5, 0.6) is 0 Å². The Morgan fingerprint density at radius 3 is 2.24 bits per heavy atom. The first kappa shape index (κ1) is 18.0. The van der Waals surface area contributed by atoms with Gasteiger partial charge in [0.1, 0.15) is 10.5 Å². The summed E-state index contributed by atoms with van der Waals surface area (Å²) in [6.07, 6.45) is 0. The molecule has 4 aromatic rings. The largest absolute Gasteiger partial charge is 0.438 e. The van der Waals surface area contributed by atoms with Crippen LogP contribution in [0.1, 0.15) is 22.3 Å². The summed E-state index contributed by atoms with van der Waals surface area (Å²) in [6.45, 7) is 8.11. The predicted molar refractivity (Wildman–Crippen MR) is 115 cm³/mol. The molecule has 5 rings (SSSR count). The predicted octanol–water partition coefficient (Wildman–Crippen LogP) is 6.28. The van der Waals surface area contributed by atoms with Gasteiger partial charge in [-0.15, -0.1) is 0 Å². The summed E-state index contributed by atoms with van der Waals surface area (Å²) in [4.78, 5) is 2.51. The van der Waals surface area contributed by atoms with Gasteiger partial charge in [0.25, 0.3) is 0 Å². The Morgan fingerprint density at radius 2 is 1.52 bits per heavy atom. The summed E-state index contributed by atoms with van der Waals surface area (Å²) in [5, 5.41) is 0.627. The first-order valence-electron chi connectivity index (χ1n) is 9.54. The van der Waals surface area contributed by atoms with E-state index < -0.39 is 9.84 Å². The molecule has 4 nitrogen and oxygen atoms in total. The van der Waals surface area contributed by atoms with Crippen molar-refractivity contribution < 1.29 is 12.8 Å². The van der Waals surface area contributed by atoms with Gasteiger partial charge in [0.05, 0.1) is 16.3 Å². The Kier molecular flexibility index (Phi) is 3.71. The molecule has 2 heterocycles. The van der Waals surface area contributed by atoms with E-state index in [1.807, 2.05) is 56.0 Å². The highest BCUT2D eigenvalue weighted by atomic mass is 32.2. The zero-order chi connectivity index (χ0) is 20.5. The number of furan rings is 1. The van der Waals surface area contributed by atoms with E-state index in [1.54, 1.807) is 12.1 Å². The molecule has 1 aromatic heterocycles. The molecule has 0 saturated heterocycles. The molecule has 1 aliphatic heterocycles. The van der Waals surface area contributed by atoms with E-state index in [4.69, 9.17) is 4.42 Å². The van der Waals surface area contributed by atoms with Crippen LogP contribution in [0, 0.1) is 27.7 Å². The highest BCUT2D eigenvalue weighted by Gasteiger charge is 2.40. The highest BCUT2D eigenvalue weighted by molar-refractivity contribution is 7.92. The number of aryl methyl sites for hydroxylation is 4. The summed E-state index contributed by atoms with van der Waals surface area (Å²) in [5.41, 5.74) is 6.44. The van der Waals surface area contributed by atoms with Crippen LogP contribution in [0.15, 0.2) is 68.8 Å². The standard InChI is InChI=1S/C24H21NO3S/c1-14-9-10-20-18(13-14)23-24(28-20)25(22-16(3)11-15(2)12-17(22)4)19-7-5-6-8-21(19)29(23,26)27/h5-13H,1-4H3. The van der Waals surface area contributed by atoms with Crippen LogP contribution >= 0.6 is 0 Å². The zero-order valence-corrected chi connectivity index (χ0v) is 17.6. The minimum Gasteiger partial charge on any atom is -0.438 e. The lowest BCUT2D eigenvalue weighted by Gasteiger charge is -2.31. The van der Waals surface area contributed by atoms with Gasteiger partial charge in [0, 0.05) is 5.39 Å². The Morgan fingerprint density at radius 1 is 0.828 bits per heavy atom. The second-order valence-electron chi connectivity index (χ2n) is 7.79. The zero-order valence-electron chi connectivity index (χ0n) is 16.8. The Labute approximate surface area is 170 Å². The molecule has 146 valence electrons. The van der Waals surface area contributed by atoms with E-state index in [0.29, 0.717) is 27.4 Å². The number of hydrogen-bond donors (Lipinski definition) is 0. The van der Waals surface area contributed by atoms with Gasteiger partial charge in [0.2, 0.25) is 15.7 Å². The average molecular weight is 404 g/mol. The van der Waals surface area contributed by atoms with Crippen LogP contribution in [0.2, 0.25) is 0 Å². The Balaban J connectivity index is 1.96. The molecule has 0 spiro atoms. The van der Waals surface area contributed by atoms with E-state index in [0.717, 1.165) is 22.4 Å². The minimum absolute atomic E-state index is 0.245. The van der Waals surface area contributed by atoms with Crippen LogP contribution in [0.4, 0.5) is 17.3 Å². The molecule has 0 amide bonds. The SMILES string of the molecule is Cc1cc(C)c(N2c3ccccc3S(=O)(=O)c3c2oc2ccc(C)cc32)c(C)c1. The maximum atomic E-state index is 13.6. The molecule has 5 heteroatoms. The number of hydrogen-bond acceptors (Lipinski definition) is 4. The fourth-order valence-electron chi connectivity index (χ4n) is 4.42. The number of sulfone groups is 1. The maximum Gasteiger partial charge on any atom is 0.225 e. The summed E-state index contributed by atoms with van der Waals surface area (Å²) >= 11 is 0. The quantitative estimate of drug-likeness (QED) is 0.330. The normalized spacial score (nSPS) is 14.7. The minimum atomic E-state index is -3.71. The molecule has 0 N–H and O–H groups in total. The maximum absolute atomic E-state index is 13.6. The van der Waals surface area contributed by atoms with Crippen molar-refractivity contribution in [3.05, 3.63) is 76.9 Å². The molecule has 0 bridgehead atoms. The Bertz CT molecular complexity index is 1390. The number of nitrogens with zero attached hydrogens (tertiary/aromatic N) is 1. The van der Waals surface area contributed by atoms with Gasteiger partial charge in [-0.05, 0) is 63.1 Å². The first-order chi connectivity index (χ1) is 13.8.